The Bertz CT molecular complexity index is 617. The lowest BCUT2D eigenvalue weighted by atomic mass is 10.1. The molecule has 1 aromatic carbocycles. The van der Waals surface area contributed by atoms with Crippen LogP contribution in [0.15, 0.2) is 42.2 Å². The summed E-state index contributed by atoms with van der Waals surface area (Å²) < 4.78 is 5.07. The first kappa shape index (κ1) is 22.8. The van der Waals surface area contributed by atoms with Gasteiger partial charge >= 0.3 is 0 Å². The molecule has 0 aromatic heterocycles. The van der Waals surface area contributed by atoms with E-state index in [0.717, 1.165) is 31.2 Å². The summed E-state index contributed by atoms with van der Waals surface area (Å²) in [6.07, 6.45) is 15.0. The van der Waals surface area contributed by atoms with Gasteiger partial charge in [0.2, 0.25) is 0 Å². The molecule has 0 unspecified atom stereocenters. The minimum absolute atomic E-state index is 0.0253. The molecule has 0 aliphatic carbocycles. The van der Waals surface area contributed by atoms with Crippen molar-refractivity contribution in [3.05, 3.63) is 47.7 Å². The van der Waals surface area contributed by atoms with Crippen LogP contribution in [0.1, 0.15) is 70.3 Å². The molecule has 0 fully saturated rings. The van der Waals surface area contributed by atoms with Crippen LogP contribution in [0, 0.1) is 0 Å². The Kier molecular flexibility index (Phi) is 11.7. The fraction of sp³-hybridized carbons (Fsp3) is 0.522. The van der Waals surface area contributed by atoms with Crippen LogP contribution in [0.2, 0.25) is 0 Å². The van der Waals surface area contributed by atoms with E-state index in [2.05, 4.69) is 19.1 Å². The van der Waals surface area contributed by atoms with Crippen LogP contribution in [0.25, 0.3) is 0 Å². The van der Waals surface area contributed by atoms with E-state index in [1.54, 1.807) is 18.2 Å². The fourth-order valence-corrected chi connectivity index (χ4v) is 2.79. The molecule has 0 aliphatic rings. The van der Waals surface area contributed by atoms with Crippen LogP contribution in [-0.2, 0) is 11.2 Å². The number of aryl methyl sites for hydroxylation is 1. The van der Waals surface area contributed by atoms with Crippen molar-refractivity contribution in [2.75, 3.05) is 7.11 Å². The second-order valence-corrected chi connectivity index (χ2v) is 6.82. The van der Waals surface area contributed by atoms with Gasteiger partial charge < -0.3 is 14.9 Å². The maximum absolute atomic E-state index is 11.9. The minimum atomic E-state index is -0.0253. The standard InChI is InChI=1S/C23H34O4/c1-3-4-5-6-7-8-9-10-11-12-20(24)18-21(25)15-13-19-14-16-22(26)23(17-19)27-2/h7-8,14,16-18,25-26H,3-6,9-13,15H2,1-2H3/b8-7-,21-18-. The van der Waals surface area contributed by atoms with Crippen molar-refractivity contribution >= 4 is 5.78 Å². The molecule has 0 bridgehead atoms. The molecule has 0 saturated heterocycles. The third kappa shape index (κ3) is 10.5. The van der Waals surface area contributed by atoms with Crippen LogP contribution >= 0.6 is 0 Å². The van der Waals surface area contributed by atoms with Crippen LogP contribution < -0.4 is 4.74 Å². The first-order valence-electron chi connectivity index (χ1n) is 10.00. The third-order valence-electron chi connectivity index (χ3n) is 4.43. The van der Waals surface area contributed by atoms with E-state index in [9.17, 15) is 15.0 Å². The van der Waals surface area contributed by atoms with Gasteiger partial charge in [0.05, 0.1) is 12.9 Å². The van der Waals surface area contributed by atoms with Gasteiger partial charge in [0.15, 0.2) is 17.3 Å². The van der Waals surface area contributed by atoms with E-state index in [4.69, 9.17) is 4.74 Å². The number of ketones is 1. The van der Waals surface area contributed by atoms with Crippen LogP contribution in [0.5, 0.6) is 11.5 Å². The van der Waals surface area contributed by atoms with Gasteiger partial charge in [-0.1, -0.05) is 38.0 Å². The number of benzene rings is 1. The Morgan fingerprint density at radius 2 is 1.78 bits per heavy atom. The fourth-order valence-electron chi connectivity index (χ4n) is 2.79. The summed E-state index contributed by atoms with van der Waals surface area (Å²) >= 11 is 0. The largest absolute Gasteiger partial charge is 0.512 e. The highest BCUT2D eigenvalue weighted by atomic mass is 16.5. The lowest BCUT2D eigenvalue weighted by Crippen LogP contribution is -1.97. The smallest absolute Gasteiger partial charge is 0.160 e. The zero-order valence-corrected chi connectivity index (χ0v) is 16.7. The molecular weight excluding hydrogens is 340 g/mol. The highest BCUT2D eigenvalue weighted by Crippen LogP contribution is 2.27. The molecule has 0 amide bonds. The molecule has 27 heavy (non-hydrogen) atoms. The SMILES string of the molecule is CCCCC/C=C\CCCCC(=O)/C=C(\O)CCc1ccc(O)c(OC)c1. The first-order chi connectivity index (χ1) is 13.1. The number of hydrogen-bond donors (Lipinski definition) is 2. The van der Waals surface area contributed by atoms with Gasteiger partial charge in [-0.25, -0.2) is 0 Å². The molecule has 4 heteroatoms. The Morgan fingerprint density at radius 1 is 1.07 bits per heavy atom. The Hall–Kier alpha value is -2.23. The number of unbranched alkanes of at least 4 members (excludes halogenated alkanes) is 5. The van der Waals surface area contributed by atoms with Crippen LogP contribution in [0.4, 0.5) is 0 Å². The number of allylic oxidation sites excluding steroid dienone is 4. The molecule has 1 rings (SSSR count). The van der Waals surface area contributed by atoms with Crippen molar-refractivity contribution < 1.29 is 19.7 Å². The van der Waals surface area contributed by atoms with Crippen LogP contribution in [-0.4, -0.2) is 23.1 Å². The van der Waals surface area contributed by atoms with Crippen molar-refractivity contribution in [2.24, 2.45) is 0 Å². The summed E-state index contributed by atoms with van der Waals surface area (Å²) in [6, 6.07) is 5.08. The normalized spacial score (nSPS) is 11.9. The van der Waals surface area contributed by atoms with Gasteiger partial charge in [0.25, 0.3) is 0 Å². The number of carbonyl (C=O) groups excluding carboxylic acids is 1. The highest BCUT2D eigenvalue weighted by Gasteiger charge is 2.05. The number of methoxy groups -OCH3 is 1. The zero-order valence-electron chi connectivity index (χ0n) is 16.7. The number of aliphatic hydroxyl groups excluding tert-OH is 1. The maximum Gasteiger partial charge on any atom is 0.160 e. The van der Waals surface area contributed by atoms with Gasteiger partial charge in [0.1, 0.15) is 0 Å². The van der Waals surface area contributed by atoms with E-state index in [1.807, 2.05) is 0 Å². The molecule has 0 saturated carbocycles. The number of phenolic OH excluding ortho intramolecular Hbond substituents is 1. The average Bonchev–Trinajstić information content (AvgIpc) is 2.66. The van der Waals surface area contributed by atoms with Crippen molar-refractivity contribution in [1.82, 2.24) is 0 Å². The van der Waals surface area contributed by atoms with E-state index < -0.39 is 0 Å². The monoisotopic (exact) mass is 374 g/mol. The van der Waals surface area contributed by atoms with Crippen molar-refractivity contribution in [2.45, 2.75) is 71.1 Å². The van der Waals surface area contributed by atoms with E-state index >= 15 is 0 Å². The van der Waals surface area contributed by atoms with Crippen molar-refractivity contribution in [3.8, 4) is 11.5 Å². The zero-order chi connectivity index (χ0) is 19.9. The molecule has 0 atom stereocenters. The Labute approximate surface area is 163 Å². The van der Waals surface area contributed by atoms with E-state index in [0.29, 0.717) is 25.0 Å². The number of hydrogen-bond acceptors (Lipinski definition) is 4. The molecular formula is C23H34O4. The summed E-state index contributed by atoms with van der Waals surface area (Å²) in [7, 11) is 1.50. The van der Waals surface area contributed by atoms with Crippen molar-refractivity contribution in [3.63, 3.8) is 0 Å². The van der Waals surface area contributed by atoms with Gasteiger partial charge in [-0.05, 0) is 56.2 Å². The summed E-state index contributed by atoms with van der Waals surface area (Å²) in [5.74, 6) is 0.573. The average molecular weight is 375 g/mol. The summed E-state index contributed by atoms with van der Waals surface area (Å²) in [5.41, 5.74) is 0.933. The topological polar surface area (TPSA) is 66.8 Å². The van der Waals surface area contributed by atoms with Crippen LogP contribution in [0.3, 0.4) is 0 Å². The summed E-state index contributed by atoms with van der Waals surface area (Å²) in [6.45, 7) is 2.21. The van der Waals surface area contributed by atoms with Crippen molar-refractivity contribution in [1.29, 1.82) is 0 Å². The lowest BCUT2D eigenvalue weighted by Gasteiger charge is -2.06. The Balaban J connectivity index is 2.23. The van der Waals surface area contributed by atoms with E-state index in [-0.39, 0.29) is 17.3 Å². The molecule has 2 N–H and O–H groups in total. The molecule has 4 nitrogen and oxygen atoms in total. The predicted octanol–water partition coefficient (Wildman–Crippen LogP) is 6.04. The predicted molar refractivity (Wildman–Crippen MR) is 110 cm³/mol. The molecule has 150 valence electrons. The minimum Gasteiger partial charge on any atom is -0.512 e. The van der Waals surface area contributed by atoms with Gasteiger partial charge in [-0.15, -0.1) is 0 Å². The van der Waals surface area contributed by atoms with Gasteiger partial charge in [-0.3, -0.25) is 4.79 Å². The second-order valence-electron chi connectivity index (χ2n) is 6.82. The number of ether oxygens (including phenoxy) is 1. The summed E-state index contributed by atoms with van der Waals surface area (Å²) in [4.78, 5) is 11.9. The quantitative estimate of drug-likeness (QED) is 0.180. The molecule has 0 aliphatic heterocycles. The number of phenols is 1. The second kappa shape index (κ2) is 13.9. The molecule has 0 heterocycles. The van der Waals surface area contributed by atoms with Gasteiger partial charge in [0, 0.05) is 18.9 Å². The lowest BCUT2D eigenvalue weighted by molar-refractivity contribution is -0.114. The Morgan fingerprint density at radius 3 is 2.44 bits per heavy atom. The van der Waals surface area contributed by atoms with E-state index in [1.165, 1.54) is 32.4 Å². The maximum atomic E-state index is 11.9. The number of carbonyl (C=O) groups is 1. The van der Waals surface area contributed by atoms with Gasteiger partial charge in [-0.2, -0.15) is 0 Å². The molecule has 0 radical (unpaired) electrons. The molecule has 0 spiro atoms. The number of rotatable bonds is 14. The molecule has 1 aromatic rings. The summed E-state index contributed by atoms with van der Waals surface area (Å²) in [5, 5.41) is 19.5. The highest BCUT2D eigenvalue weighted by molar-refractivity contribution is 5.89. The first-order valence-corrected chi connectivity index (χ1v) is 10.00. The third-order valence-corrected chi connectivity index (χ3v) is 4.43. The number of aliphatic hydroxyl groups is 1. The number of aromatic hydroxyl groups is 1.